The first-order chi connectivity index (χ1) is 13.1. The Kier molecular flexibility index (Phi) is 7.68. The molecule has 1 aliphatic carbocycles. The van der Waals surface area contributed by atoms with Crippen molar-refractivity contribution in [1.29, 1.82) is 0 Å². The first kappa shape index (κ1) is 20.8. The van der Waals surface area contributed by atoms with Crippen molar-refractivity contribution < 1.29 is 17.9 Å². The second-order valence-corrected chi connectivity index (χ2v) is 12.0. The molecule has 0 bridgehead atoms. The number of rotatable bonds is 7. The Balaban J connectivity index is 1.48. The van der Waals surface area contributed by atoms with E-state index in [1.807, 2.05) is 6.07 Å². The first-order valence-corrected chi connectivity index (χ1v) is 13.2. The summed E-state index contributed by atoms with van der Waals surface area (Å²) in [4.78, 5) is 0. The lowest BCUT2D eigenvalue weighted by atomic mass is 9.72. The van der Waals surface area contributed by atoms with Crippen molar-refractivity contribution in [3.05, 3.63) is 29.6 Å². The van der Waals surface area contributed by atoms with Gasteiger partial charge in [-0.25, -0.2) is 13.2 Å². The Morgan fingerprint density at radius 2 is 1.70 bits per heavy atom. The molecule has 27 heavy (non-hydrogen) atoms. The zero-order valence-corrected chi connectivity index (χ0v) is 17.6. The summed E-state index contributed by atoms with van der Waals surface area (Å²) in [7, 11) is -0.404. The fourth-order valence-corrected chi connectivity index (χ4v) is 8.80. The molecule has 0 amide bonds. The Hall–Kier alpha value is -0.973. The Labute approximate surface area is 163 Å². The van der Waals surface area contributed by atoms with Crippen LogP contribution in [0, 0.1) is 17.7 Å². The standard InChI is InChI=1S/C22H33F3OSi/c1-2-11-27-12-9-18(10-13-27)16-3-5-17(6-4-16)19-7-8-21(20(23)14-19)26-15-22(24)25/h7-8,14,16-18,22,27H,2-6,9-13,15H2,1H3. The number of halogens is 3. The molecule has 2 fully saturated rings. The highest BCUT2D eigenvalue weighted by molar-refractivity contribution is 6.58. The van der Waals surface area contributed by atoms with Crippen molar-refractivity contribution >= 4 is 8.80 Å². The molecular weight excluding hydrogens is 365 g/mol. The highest BCUT2D eigenvalue weighted by atomic mass is 28.3. The molecule has 0 radical (unpaired) electrons. The van der Waals surface area contributed by atoms with Crippen LogP contribution in [-0.4, -0.2) is 21.8 Å². The van der Waals surface area contributed by atoms with E-state index in [0.29, 0.717) is 5.92 Å². The van der Waals surface area contributed by atoms with E-state index in [0.717, 1.165) is 30.2 Å². The lowest BCUT2D eigenvalue weighted by Crippen LogP contribution is -2.28. The minimum atomic E-state index is -2.58. The SMILES string of the molecule is CCC[SiH]1CCC(C2CCC(c3ccc(OCC(F)F)c(F)c3)CC2)CC1. The van der Waals surface area contributed by atoms with Crippen LogP contribution < -0.4 is 4.74 Å². The van der Waals surface area contributed by atoms with Gasteiger partial charge in [-0.3, -0.25) is 0 Å². The average Bonchev–Trinajstić information content (AvgIpc) is 2.68. The molecule has 2 aliphatic rings. The maximum Gasteiger partial charge on any atom is 0.272 e. The summed E-state index contributed by atoms with van der Waals surface area (Å²) in [6.45, 7) is 1.56. The summed E-state index contributed by atoms with van der Waals surface area (Å²) >= 11 is 0. The first-order valence-electron chi connectivity index (χ1n) is 10.8. The van der Waals surface area contributed by atoms with Gasteiger partial charge >= 0.3 is 0 Å². The average molecular weight is 399 g/mol. The van der Waals surface area contributed by atoms with Gasteiger partial charge in [-0.2, -0.15) is 0 Å². The third-order valence-corrected chi connectivity index (χ3v) is 10.5. The van der Waals surface area contributed by atoms with E-state index in [9.17, 15) is 13.2 Å². The molecule has 0 aromatic heterocycles. The normalized spacial score (nSPS) is 29.1. The number of alkyl halides is 2. The molecule has 0 spiro atoms. The van der Waals surface area contributed by atoms with Gasteiger partial charge in [-0.05, 0) is 61.1 Å². The number of benzene rings is 1. The third-order valence-electron chi connectivity index (χ3n) is 6.82. The van der Waals surface area contributed by atoms with Gasteiger partial charge in [0, 0.05) is 8.80 Å². The monoisotopic (exact) mass is 398 g/mol. The van der Waals surface area contributed by atoms with Gasteiger partial charge in [0.15, 0.2) is 11.6 Å². The molecule has 152 valence electrons. The highest BCUT2D eigenvalue weighted by Gasteiger charge is 2.31. The molecule has 1 aromatic carbocycles. The van der Waals surface area contributed by atoms with Gasteiger partial charge in [-0.15, -0.1) is 0 Å². The van der Waals surface area contributed by atoms with Crippen LogP contribution >= 0.6 is 0 Å². The molecule has 5 heteroatoms. The van der Waals surface area contributed by atoms with Gasteiger partial charge in [0.05, 0.1) is 0 Å². The van der Waals surface area contributed by atoms with Crippen molar-refractivity contribution in [2.75, 3.05) is 6.61 Å². The number of hydrogen-bond donors (Lipinski definition) is 0. The Morgan fingerprint density at radius 3 is 2.30 bits per heavy atom. The molecule has 3 rings (SSSR count). The van der Waals surface area contributed by atoms with Gasteiger partial charge in [-0.1, -0.05) is 50.4 Å². The molecular formula is C22H33F3OSi. The van der Waals surface area contributed by atoms with Crippen LogP contribution in [-0.2, 0) is 0 Å². The summed E-state index contributed by atoms with van der Waals surface area (Å²) in [6, 6.07) is 9.48. The number of ether oxygens (including phenoxy) is 1. The van der Waals surface area contributed by atoms with Crippen LogP contribution in [0.3, 0.4) is 0 Å². The van der Waals surface area contributed by atoms with Crippen LogP contribution in [0.25, 0.3) is 0 Å². The third kappa shape index (κ3) is 5.75. The lowest BCUT2D eigenvalue weighted by molar-refractivity contribution is 0.0799. The zero-order valence-electron chi connectivity index (χ0n) is 16.4. The molecule has 1 aromatic rings. The van der Waals surface area contributed by atoms with Crippen LogP contribution in [0.2, 0.25) is 18.1 Å². The maximum atomic E-state index is 14.2. The summed E-state index contributed by atoms with van der Waals surface area (Å²) in [5.74, 6) is 1.59. The summed E-state index contributed by atoms with van der Waals surface area (Å²) < 4.78 is 43.5. The van der Waals surface area contributed by atoms with E-state index < -0.39 is 27.6 Å². The van der Waals surface area contributed by atoms with E-state index in [4.69, 9.17) is 4.74 Å². The van der Waals surface area contributed by atoms with Crippen LogP contribution in [0.5, 0.6) is 5.75 Å². The van der Waals surface area contributed by atoms with Crippen molar-refractivity contribution in [1.82, 2.24) is 0 Å². The van der Waals surface area contributed by atoms with Gasteiger partial charge in [0.25, 0.3) is 6.43 Å². The maximum absolute atomic E-state index is 14.2. The molecule has 1 heterocycles. The largest absolute Gasteiger partial charge is 0.485 e. The summed E-state index contributed by atoms with van der Waals surface area (Å²) in [6.07, 6.45) is 6.44. The Morgan fingerprint density at radius 1 is 1.04 bits per heavy atom. The van der Waals surface area contributed by atoms with Crippen molar-refractivity contribution in [2.24, 2.45) is 11.8 Å². The molecule has 0 N–H and O–H groups in total. The van der Waals surface area contributed by atoms with Crippen molar-refractivity contribution in [2.45, 2.75) is 82.3 Å². The van der Waals surface area contributed by atoms with Crippen molar-refractivity contribution in [3.63, 3.8) is 0 Å². The topological polar surface area (TPSA) is 9.23 Å². The van der Waals surface area contributed by atoms with Gasteiger partial charge in [0.1, 0.15) is 6.61 Å². The van der Waals surface area contributed by atoms with E-state index in [1.165, 1.54) is 50.3 Å². The highest BCUT2D eigenvalue weighted by Crippen LogP contribution is 2.44. The van der Waals surface area contributed by atoms with E-state index in [-0.39, 0.29) is 5.75 Å². The molecule has 1 nitrogen and oxygen atoms in total. The minimum Gasteiger partial charge on any atom is -0.485 e. The second-order valence-electron chi connectivity index (χ2n) is 8.57. The summed E-state index contributed by atoms with van der Waals surface area (Å²) in [5, 5.41) is 0. The van der Waals surface area contributed by atoms with Gasteiger partial charge < -0.3 is 4.74 Å². The van der Waals surface area contributed by atoms with Gasteiger partial charge in [0.2, 0.25) is 0 Å². The fraction of sp³-hybridized carbons (Fsp3) is 0.727. The molecule has 1 saturated heterocycles. The van der Waals surface area contributed by atoms with Crippen molar-refractivity contribution in [3.8, 4) is 5.75 Å². The van der Waals surface area contributed by atoms with Crippen LogP contribution in [0.4, 0.5) is 13.2 Å². The van der Waals surface area contributed by atoms with E-state index >= 15 is 0 Å². The quantitative estimate of drug-likeness (QED) is 0.459. The number of hydrogen-bond acceptors (Lipinski definition) is 1. The van der Waals surface area contributed by atoms with E-state index in [1.54, 1.807) is 12.1 Å². The predicted octanol–water partition coefficient (Wildman–Crippen LogP) is 6.79. The molecule has 1 saturated carbocycles. The fourth-order valence-electron chi connectivity index (χ4n) is 5.32. The molecule has 0 atom stereocenters. The smallest absolute Gasteiger partial charge is 0.272 e. The van der Waals surface area contributed by atoms with Crippen LogP contribution in [0.1, 0.15) is 63.4 Å². The molecule has 1 aliphatic heterocycles. The van der Waals surface area contributed by atoms with Crippen LogP contribution in [0.15, 0.2) is 18.2 Å². The zero-order chi connectivity index (χ0) is 19.2. The molecule has 0 unspecified atom stereocenters. The lowest BCUT2D eigenvalue weighted by Gasteiger charge is -2.37. The second kappa shape index (κ2) is 9.99. The van der Waals surface area contributed by atoms with E-state index in [2.05, 4.69) is 6.92 Å². The Bertz CT molecular complexity index is 579. The minimum absolute atomic E-state index is 0.0688. The predicted molar refractivity (Wildman–Crippen MR) is 107 cm³/mol. The summed E-state index contributed by atoms with van der Waals surface area (Å²) in [5.41, 5.74) is 0.995.